The summed E-state index contributed by atoms with van der Waals surface area (Å²) in [5.74, 6) is 0.591. The largest absolute Gasteiger partial charge is 0.377 e. The van der Waals surface area contributed by atoms with Crippen LogP contribution in [0.2, 0.25) is 0 Å². The fraction of sp³-hybridized carbons (Fsp3) is 0.588. The van der Waals surface area contributed by atoms with E-state index in [0.717, 1.165) is 0 Å². The van der Waals surface area contributed by atoms with Gasteiger partial charge in [-0.2, -0.15) is 0 Å². The Morgan fingerprint density at radius 2 is 2.05 bits per heavy atom. The summed E-state index contributed by atoms with van der Waals surface area (Å²) in [6.07, 6.45) is 2.41. The summed E-state index contributed by atoms with van der Waals surface area (Å²) in [5, 5.41) is 3.25. The maximum atomic E-state index is 12.6. The third-order valence-corrected chi connectivity index (χ3v) is 4.44. The summed E-state index contributed by atoms with van der Waals surface area (Å²) in [6, 6.07) is 8.86. The number of rotatable bonds is 3. The Kier molecular flexibility index (Phi) is 4.15. The molecule has 0 aromatic heterocycles. The predicted octanol–water partition coefficient (Wildman–Crippen LogP) is 2.88. The number of carbonyl (C=O) groups is 1. The van der Waals surface area contributed by atoms with Crippen LogP contribution in [0.25, 0.3) is 0 Å². The number of carbonyl (C=O) groups excluding carboxylic acids is 1. The second-order valence-corrected chi connectivity index (χ2v) is 6.29. The summed E-state index contributed by atoms with van der Waals surface area (Å²) in [7, 11) is 0. The first-order valence-electron chi connectivity index (χ1n) is 7.86. The van der Waals surface area contributed by atoms with Gasteiger partial charge in [0.25, 0.3) is 0 Å². The Labute approximate surface area is 126 Å². The van der Waals surface area contributed by atoms with Crippen LogP contribution in [0, 0.1) is 12.8 Å². The van der Waals surface area contributed by atoms with Crippen LogP contribution in [-0.2, 0) is 4.74 Å². The molecule has 0 unspecified atom stereocenters. The highest BCUT2D eigenvalue weighted by Gasteiger charge is 2.35. The van der Waals surface area contributed by atoms with Gasteiger partial charge in [0.15, 0.2) is 0 Å². The lowest BCUT2D eigenvalue weighted by Gasteiger charge is -2.34. The van der Waals surface area contributed by atoms with Gasteiger partial charge >= 0.3 is 6.03 Å². The molecule has 2 aliphatic rings. The van der Waals surface area contributed by atoms with Gasteiger partial charge in [0.2, 0.25) is 0 Å². The van der Waals surface area contributed by atoms with E-state index in [1.54, 1.807) is 0 Å². The molecule has 1 aliphatic carbocycles. The van der Waals surface area contributed by atoms with Crippen LogP contribution in [0.5, 0.6) is 0 Å². The number of aryl methyl sites for hydroxylation is 1. The minimum Gasteiger partial charge on any atom is -0.377 e. The Balaban J connectivity index is 1.70. The monoisotopic (exact) mass is 288 g/mol. The topological polar surface area (TPSA) is 41.6 Å². The molecule has 0 radical (unpaired) electrons. The second-order valence-electron chi connectivity index (χ2n) is 6.29. The van der Waals surface area contributed by atoms with Crippen molar-refractivity contribution in [3.8, 4) is 0 Å². The highest BCUT2D eigenvalue weighted by atomic mass is 16.5. The molecule has 1 saturated heterocycles. The fourth-order valence-corrected chi connectivity index (χ4v) is 2.92. The summed E-state index contributed by atoms with van der Waals surface area (Å²) in [5.41, 5.74) is 2.47. The molecule has 0 spiro atoms. The van der Waals surface area contributed by atoms with Gasteiger partial charge < -0.3 is 15.0 Å². The number of benzene rings is 1. The van der Waals surface area contributed by atoms with Crippen molar-refractivity contribution in [3.63, 3.8) is 0 Å². The molecule has 1 saturated carbocycles. The number of nitrogens with zero attached hydrogens (tertiary/aromatic N) is 1. The molecule has 114 valence electrons. The highest BCUT2D eigenvalue weighted by molar-refractivity contribution is 5.75. The molecule has 1 aliphatic heterocycles. The normalized spacial score (nSPS) is 23.7. The fourth-order valence-electron chi connectivity index (χ4n) is 2.92. The molecule has 1 heterocycles. The highest BCUT2D eigenvalue weighted by Crippen LogP contribution is 2.41. The Morgan fingerprint density at radius 1 is 1.33 bits per heavy atom. The third kappa shape index (κ3) is 3.38. The number of nitrogens with one attached hydrogen (secondary N) is 1. The van der Waals surface area contributed by atoms with E-state index in [4.69, 9.17) is 4.74 Å². The molecular weight excluding hydrogens is 264 g/mol. The smallest absolute Gasteiger partial charge is 0.318 e. The van der Waals surface area contributed by atoms with Gasteiger partial charge in [-0.05, 0) is 38.2 Å². The number of amides is 2. The van der Waals surface area contributed by atoms with Crippen LogP contribution in [0.4, 0.5) is 4.79 Å². The average molecular weight is 288 g/mol. The molecular formula is C17H24N2O2. The van der Waals surface area contributed by atoms with Gasteiger partial charge in [-0.3, -0.25) is 0 Å². The van der Waals surface area contributed by atoms with Crippen LogP contribution in [0.1, 0.15) is 36.9 Å². The van der Waals surface area contributed by atoms with Crippen molar-refractivity contribution >= 4 is 6.03 Å². The molecule has 2 amide bonds. The van der Waals surface area contributed by atoms with E-state index in [2.05, 4.69) is 36.5 Å². The van der Waals surface area contributed by atoms with Gasteiger partial charge in [0.1, 0.15) is 0 Å². The van der Waals surface area contributed by atoms with Crippen molar-refractivity contribution in [1.82, 2.24) is 10.2 Å². The lowest BCUT2D eigenvalue weighted by molar-refractivity contribution is 0.0182. The molecule has 2 fully saturated rings. The van der Waals surface area contributed by atoms with Crippen LogP contribution in [0.15, 0.2) is 24.3 Å². The van der Waals surface area contributed by atoms with Crippen molar-refractivity contribution in [2.45, 2.75) is 38.8 Å². The molecule has 21 heavy (non-hydrogen) atoms. The first-order valence-corrected chi connectivity index (χ1v) is 7.86. The van der Waals surface area contributed by atoms with E-state index in [0.29, 0.717) is 25.7 Å². The SMILES string of the molecule is Cc1ccc([C@H](NC(=O)N2CCOC[C@H]2C)C2CC2)cc1. The molecule has 1 N–H and O–H groups in total. The van der Waals surface area contributed by atoms with Gasteiger partial charge in [-0.15, -0.1) is 0 Å². The minimum atomic E-state index is 0.0447. The summed E-state index contributed by atoms with van der Waals surface area (Å²) in [6.45, 7) is 6.07. The zero-order valence-electron chi connectivity index (χ0n) is 12.8. The molecule has 3 rings (SSSR count). The zero-order chi connectivity index (χ0) is 14.8. The van der Waals surface area contributed by atoms with Gasteiger partial charge in [-0.1, -0.05) is 29.8 Å². The summed E-state index contributed by atoms with van der Waals surface area (Å²) >= 11 is 0. The number of hydrogen-bond donors (Lipinski definition) is 1. The van der Waals surface area contributed by atoms with E-state index in [1.807, 2.05) is 11.8 Å². The van der Waals surface area contributed by atoms with Crippen LogP contribution in [-0.4, -0.2) is 36.7 Å². The first-order chi connectivity index (χ1) is 10.1. The van der Waals surface area contributed by atoms with Crippen molar-refractivity contribution < 1.29 is 9.53 Å². The quantitative estimate of drug-likeness (QED) is 0.929. The lowest BCUT2D eigenvalue weighted by Crippen LogP contribution is -2.52. The Bertz CT molecular complexity index is 496. The van der Waals surface area contributed by atoms with Crippen molar-refractivity contribution in [2.24, 2.45) is 5.92 Å². The summed E-state index contributed by atoms with van der Waals surface area (Å²) < 4.78 is 5.40. The maximum Gasteiger partial charge on any atom is 0.318 e. The average Bonchev–Trinajstić information content (AvgIpc) is 3.31. The first kappa shape index (κ1) is 14.4. The lowest BCUT2D eigenvalue weighted by atomic mass is 10.0. The summed E-state index contributed by atoms with van der Waals surface area (Å²) in [4.78, 5) is 14.4. The number of morpholine rings is 1. The number of ether oxygens (including phenoxy) is 1. The standard InChI is InChI=1S/C17H24N2O2/c1-12-3-5-14(6-4-12)16(15-7-8-15)18-17(20)19-9-10-21-11-13(19)2/h3-6,13,15-16H,7-11H2,1-2H3,(H,18,20)/t13-,16+/m1/s1. The van der Waals surface area contributed by atoms with Crippen molar-refractivity contribution in [1.29, 1.82) is 0 Å². The van der Waals surface area contributed by atoms with E-state index in [-0.39, 0.29) is 18.1 Å². The predicted molar refractivity (Wildman–Crippen MR) is 82.2 cm³/mol. The van der Waals surface area contributed by atoms with Crippen LogP contribution in [0.3, 0.4) is 0 Å². The molecule has 1 aromatic carbocycles. The molecule has 4 nitrogen and oxygen atoms in total. The zero-order valence-corrected chi connectivity index (χ0v) is 12.8. The van der Waals surface area contributed by atoms with Crippen molar-refractivity contribution in [3.05, 3.63) is 35.4 Å². The van der Waals surface area contributed by atoms with E-state index in [1.165, 1.54) is 24.0 Å². The van der Waals surface area contributed by atoms with Crippen LogP contribution < -0.4 is 5.32 Å². The van der Waals surface area contributed by atoms with Crippen molar-refractivity contribution in [2.75, 3.05) is 19.8 Å². The Morgan fingerprint density at radius 3 is 2.67 bits per heavy atom. The number of hydrogen-bond acceptors (Lipinski definition) is 2. The van der Waals surface area contributed by atoms with Gasteiger partial charge in [0.05, 0.1) is 25.3 Å². The molecule has 1 aromatic rings. The van der Waals surface area contributed by atoms with Crippen LogP contribution >= 0.6 is 0 Å². The number of urea groups is 1. The minimum absolute atomic E-state index is 0.0447. The van der Waals surface area contributed by atoms with Gasteiger partial charge in [-0.25, -0.2) is 4.79 Å². The Hall–Kier alpha value is -1.55. The molecule has 0 bridgehead atoms. The van der Waals surface area contributed by atoms with E-state index < -0.39 is 0 Å². The molecule has 4 heteroatoms. The van der Waals surface area contributed by atoms with E-state index in [9.17, 15) is 4.79 Å². The second kappa shape index (κ2) is 6.06. The third-order valence-electron chi connectivity index (χ3n) is 4.44. The maximum absolute atomic E-state index is 12.6. The van der Waals surface area contributed by atoms with Gasteiger partial charge in [0, 0.05) is 6.54 Å². The molecule has 2 atom stereocenters. The van der Waals surface area contributed by atoms with E-state index >= 15 is 0 Å².